The molecule has 1 heterocycles. The van der Waals surface area contributed by atoms with Crippen molar-refractivity contribution < 1.29 is 9.50 Å². The second-order valence-electron chi connectivity index (χ2n) is 1.93. The van der Waals surface area contributed by atoms with Crippen LogP contribution in [0.25, 0.3) is 0 Å². The number of aromatic nitrogens is 2. The first-order chi connectivity index (χ1) is 4.72. The summed E-state index contributed by atoms with van der Waals surface area (Å²) in [7, 11) is 0. The van der Waals surface area contributed by atoms with Crippen molar-refractivity contribution in [3.05, 3.63) is 24.0 Å². The zero-order valence-corrected chi connectivity index (χ0v) is 5.45. The van der Waals surface area contributed by atoms with E-state index in [0.29, 0.717) is 0 Å². The van der Waals surface area contributed by atoms with Gasteiger partial charge in [0.1, 0.15) is 12.0 Å². The van der Waals surface area contributed by atoms with Gasteiger partial charge in [0, 0.05) is 0 Å². The van der Waals surface area contributed by atoms with Gasteiger partial charge < -0.3 is 5.11 Å². The van der Waals surface area contributed by atoms with Crippen LogP contribution in [0, 0.1) is 5.82 Å². The molecule has 0 bridgehead atoms. The second-order valence-corrected chi connectivity index (χ2v) is 1.93. The molecule has 0 saturated heterocycles. The maximum Gasteiger partial charge on any atom is 0.165 e. The van der Waals surface area contributed by atoms with E-state index in [1.807, 2.05) is 0 Å². The van der Waals surface area contributed by atoms with Crippen LogP contribution in [0.15, 0.2) is 12.5 Å². The summed E-state index contributed by atoms with van der Waals surface area (Å²) in [6.45, 7) is 1.45. The third-order valence-corrected chi connectivity index (χ3v) is 1.09. The summed E-state index contributed by atoms with van der Waals surface area (Å²) in [5.41, 5.74) is 0.0370. The lowest BCUT2D eigenvalue weighted by Gasteiger charge is -2.01. The Bertz CT molecular complexity index is 227. The molecule has 0 amide bonds. The van der Waals surface area contributed by atoms with Crippen LogP contribution in [-0.2, 0) is 0 Å². The molecular formula is C6H7FN2O. The average Bonchev–Trinajstić information content (AvgIpc) is 1.88. The molecule has 0 aliphatic rings. The summed E-state index contributed by atoms with van der Waals surface area (Å²) >= 11 is 0. The summed E-state index contributed by atoms with van der Waals surface area (Å²) in [4.78, 5) is 6.97. The van der Waals surface area contributed by atoms with Crippen molar-refractivity contribution in [3.8, 4) is 0 Å². The molecule has 0 aliphatic heterocycles. The molecule has 0 fully saturated rings. The summed E-state index contributed by atoms with van der Waals surface area (Å²) in [6, 6.07) is 0. The van der Waals surface area contributed by atoms with Crippen LogP contribution in [0.2, 0.25) is 0 Å². The third-order valence-electron chi connectivity index (χ3n) is 1.09. The van der Waals surface area contributed by atoms with Gasteiger partial charge >= 0.3 is 0 Å². The van der Waals surface area contributed by atoms with Crippen LogP contribution >= 0.6 is 0 Å². The molecular weight excluding hydrogens is 135 g/mol. The van der Waals surface area contributed by atoms with Crippen molar-refractivity contribution >= 4 is 0 Å². The monoisotopic (exact) mass is 142 g/mol. The number of hydrogen-bond donors (Lipinski definition) is 1. The molecule has 1 rings (SSSR count). The smallest absolute Gasteiger partial charge is 0.165 e. The summed E-state index contributed by atoms with van der Waals surface area (Å²) in [6.07, 6.45) is 1.35. The summed E-state index contributed by atoms with van der Waals surface area (Å²) < 4.78 is 12.6. The summed E-state index contributed by atoms with van der Waals surface area (Å²) in [5, 5.41) is 8.87. The fraction of sp³-hybridized carbons (Fsp3) is 0.333. The maximum atomic E-state index is 12.6. The first-order valence-corrected chi connectivity index (χ1v) is 2.85. The zero-order valence-electron chi connectivity index (χ0n) is 5.45. The minimum Gasteiger partial charge on any atom is -0.387 e. The fourth-order valence-electron chi connectivity index (χ4n) is 0.630. The van der Waals surface area contributed by atoms with Crippen LogP contribution in [0.1, 0.15) is 18.7 Å². The topological polar surface area (TPSA) is 46.0 Å². The van der Waals surface area contributed by atoms with Crippen LogP contribution in [0.4, 0.5) is 4.39 Å². The Morgan fingerprint density at radius 1 is 1.70 bits per heavy atom. The van der Waals surface area contributed by atoms with Gasteiger partial charge in [-0.1, -0.05) is 0 Å². The van der Waals surface area contributed by atoms with Gasteiger partial charge in [0.05, 0.1) is 12.3 Å². The van der Waals surface area contributed by atoms with E-state index >= 15 is 0 Å². The van der Waals surface area contributed by atoms with Crippen LogP contribution in [0.3, 0.4) is 0 Å². The molecule has 1 aromatic rings. The first-order valence-electron chi connectivity index (χ1n) is 2.85. The van der Waals surface area contributed by atoms with Crippen LogP contribution in [-0.4, -0.2) is 15.1 Å². The predicted molar refractivity (Wildman–Crippen MR) is 32.6 cm³/mol. The van der Waals surface area contributed by atoms with Crippen molar-refractivity contribution in [2.45, 2.75) is 13.0 Å². The minimum atomic E-state index is -0.872. The average molecular weight is 142 g/mol. The number of aliphatic hydroxyl groups excluding tert-OH is 1. The van der Waals surface area contributed by atoms with Crippen molar-refractivity contribution in [1.82, 2.24) is 9.97 Å². The van der Waals surface area contributed by atoms with E-state index in [9.17, 15) is 4.39 Å². The molecule has 0 aliphatic carbocycles. The van der Waals surface area contributed by atoms with Crippen LogP contribution < -0.4 is 0 Å². The largest absolute Gasteiger partial charge is 0.387 e. The standard InChI is InChI=1S/C6H7FN2O/c1-4(10)6-5(7)2-8-3-9-6/h2-4,10H,1H3. The van der Waals surface area contributed by atoms with Gasteiger partial charge in [0.15, 0.2) is 5.82 Å². The van der Waals surface area contributed by atoms with Gasteiger partial charge in [0.25, 0.3) is 0 Å². The van der Waals surface area contributed by atoms with Gasteiger partial charge in [-0.05, 0) is 6.92 Å². The molecule has 10 heavy (non-hydrogen) atoms. The van der Waals surface area contributed by atoms with E-state index in [4.69, 9.17) is 5.11 Å². The molecule has 4 heteroatoms. The Hall–Kier alpha value is -1.03. The van der Waals surface area contributed by atoms with Gasteiger partial charge in [-0.2, -0.15) is 0 Å². The van der Waals surface area contributed by atoms with Crippen molar-refractivity contribution in [1.29, 1.82) is 0 Å². The second kappa shape index (κ2) is 2.70. The molecule has 0 aromatic carbocycles. The Labute approximate surface area is 57.6 Å². The maximum absolute atomic E-state index is 12.6. The van der Waals surface area contributed by atoms with E-state index in [1.54, 1.807) is 0 Å². The lowest BCUT2D eigenvalue weighted by atomic mass is 10.3. The highest BCUT2D eigenvalue weighted by Crippen LogP contribution is 2.10. The SMILES string of the molecule is CC(O)c1ncncc1F. The number of aliphatic hydroxyl groups is 1. The fourth-order valence-corrected chi connectivity index (χ4v) is 0.630. The number of nitrogens with zero attached hydrogens (tertiary/aromatic N) is 2. The lowest BCUT2D eigenvalue weighted by Crippen LogP contribution is -1.99. The van der Waals surface area contributed by atoms with Gasteiger partial charge in [-0.15, -0.1) is 0 Å². The third kappa shape index (κ3) is 1.27. The number of rotatable bonds is 1. The van der Waals surface area contributed by atoms with Crippen molar-refractivity contribution in [2.24, 2.45) is 0 Å². The quantitative estimate of drug-likeness (QED) is 0.626. The number of halogens is 1. The van der Waals surface area contributed by atoms with E-state index in [1.165, 1.54) is 13.3 Å². The van der Waals surface area contributed by atoms with Gasteiger partial charge in [-0.25, -0.2) is 14.4 Å². The first kappa shape index (κ1) is 7.08. The molecule has 3 nitrogen and oxygen atoms in total. The zero-order chi connectivity index (χ0) is 7.56. The van der Waals surface area contributed by atoms with E-state index in [0.717, 1.165) is 6.20 Å². The normalized spacial score (nSPS) is 13.1. The Kier molecular flexibility index (Phi) is 1.91. The highest BCUT2D eigenvalue weighted by atomic mass is 19.1. The Morgan fingerprint density at radius 3 is 2.80 bits per heavy atom. The predicted octanol–water partition coefficient (Wildman–Crippen LogP) is 0.669. The van der Waals surface area contributed by atoms with Gasteiger partial charge in [0.2, 0.25) is 0 Å². The highest BCUT2D eigenvalue weighted by molar-refractivity contribution is 5.03. The molecule has 0 radical (unpaired) electrons. The molecule has 0 saturated carbocycles. The Balaban J connectivity index is 3.03. The van der Waals surface area contributed by atoms with Crippen molar-refractivity contribution in [3.63, 3.8) is 0 Å². The Morgan fingerprint density at radius 2 is 2.40 bits per heavy atom. The number of hydrogen-bond acceptors (Lipinski definition) is 3. The van der Waals surface area contributed by atoms with E-state index in [2.05, 4.69) is 9.97 Å². The lowest BCUT2D eigenvalue weighted by molar-refractivity contribution is 0.188. The molecule has 54 valence electrons. The highest BCUT2D eigenvalue weighted by Gasteiger charge is 2.07. The molecule has 1 unspecified atom stereocenters. The van der Waals surface area contributed by atoms with E-state index in [-0.39, 0.29) is 5.69 Å². The minimum absolute atomic E-state index is 0.0370. The van der Waals surface area contributed by atoms with Gasteiger partial charge in [-0.3, -0.25) is 0 Å². The van der Waals surface area contributed by atoms with E-state index < -0.39 is 11.9 Å². The molecule has 1 atom stereocenters. The molecule has 1 N–H and O–H groups in total. The molecule has 0 spiro atoms. The summed E-state index contributed by atoms with van der Waals surface area (Å²) in [5.74, 6) is -0.572. The van der Waals surface area contributed by atoms with Crippen molar-refractivity contribution in [2.75, 3.05) is 0 Å². The van der Waals surface area contributed by atoms with Crippen LogP contribution in [0.5, 0.6) is 0 Å². The molecule has 1 aromatic heterocycles.